The van der Waals surface area contributed by atoms with E-state index in [9.17, 15) is 9.50 Å². The van der Waals surface area contributed by atoms with Crippen LogP contribution in [0.1, 0.15) is 19.4 Å². The van der Waals surface area contributed by atoms with Gasteiger partial charge in [-0.2, -0.15) is 0 Å². The van der Waals surface area contributed by atoms with E-state index >= 15 is 0 Å². The van der Waals surface area contributed by atoms with Gasteiger partial charge in [0.05, 0.1) is 6.10 Å². The van der Waals surface area contributed by atoms with Crippen molar-refractivity contribution in [2.24, 2.45) is 0 Å². The highest BCUT2D eigenvalue weighted by Crippen LogP contribution is 2.28. The van der Waals surface area contributed by atoms with Gasteiger partial charge in [0.2, 0.25) is 0 Å². The molecule has 1 rings (SSSR count). The lowest BCUT2D eigenvalue weighted by Crippen LogP contribution is -2.35. The van der Waals surface area contributed by atoms with Gasteiger partial charge >= 0.3 is 0 Å². The van der Waals surface area contributed by atoms with Crippen molar-refractivity contribution in [3.05, 3.63) is 34.3 Å². The molecule has 0 unspecified atom stereocenters. The van der Waals surface area contributed by atoms with Crippen LogP contribution in [0.4, 0.5) is 4.39 Å². The molecule has 14 heavy (non-hydrogen) atoms. The largest absolute Gasteiger partial charge is 0.389 e. The van der Waals surface area contributed by atoms with Crippen LogP contribution < -0.4 is 0 Å². The fourth-order valence-corrected chi connectivity index (χ4v) is 1.53. The van der Waals surface area contributed by atoms with Gasteiger partial charge in [0.25, 0.3) is 0 Å². The Morgan fingerprint density at radius 3 is 2.29 bits per heavy atom. The summed E-state index contributed by atoms with van der Waals surface area (Å²) in [6, 6.07) is 7.57. The van der Waals surface area contributed by atoms with Gasteiger partial charge < -0.3 is 5.11 Å². The molecule has 0 saturated carbocycles. The highest BCUT2D eigenvalue weighted by molar-refractivity contribution is 9.10. The Balaban J connectivity index is 2.97. The van der Waals surface area contributed by atoms with E-state index in [0.717, 1.165) is 10.0 Å². The van der Waals surface area contributed by atoms with Crippen LogP contribution in [0.2, 0.25) is 0 Å². The lowest BCUT2D eigenvalue weighted by molar-refractivity contribution is 0.0737. The first-order valence-corrected chi connectivity index (χ1v) is 5.28. The predicted molar refractivity (Wildman–Crippen MR) is 59.1 cm³/mol. The zero-order valence-corrected chi connectivity index (χ0v) is 9.88. The molecule has 1 atom stereocenters. The molecule has 1 nitrogen and oxygen atoms in total. The molecule has 0 aliphatic heterocycles. The van der Waals surface area contributed by atoms with Crippen molar-refractivity contribution >= 4 is 15.9 Å². The summed E-state index contributed by atoms with van der Waals surface area (Å²) in [4.78, 5) is 0. The number of hydrogen-bond acceptors (Lipinski definition) is 1. The molecule has 1 aromatic rings. The van der Waals surface area contributed by atoms with E-state index in [2.05, 4.69) is 15.9 Å². The van der Waals surface area contributed by atoms with E-state index in [-0.39, 0.29) is 0 Å². The van der Waals surface area contributed by atoms with Gasteiger partial charge in [0.1, 0.15) is 6.67 Å². The number of aliphatic hydroxyl groups excluding tert-OH is 1. The maximum atomic E-state index is 12.4. The lowest BCUT2D eigenvalue weighted by atomic mass is 9.80. The number of alkyl halides is 1. The summed E-state index contributed by atoms with van der Waals surface area (Å²) in [6.07, 6.45) is -0.955. The van der Waals surface area contributed by atoms with Gasteiger partial charge in [-0.1, -0.05) is 41.9 Å². The monoisotopic (exact) mass is 260 g/mol. The standard InChI is InChI=1S/C11H14BrFO/c1-11(2,10(14)7-13)8-3-5-9(12)6-4-8/h3-6,10,14H,7H2,1-2H3/t10-/m1/s1. The Hall–Kier alpha value is -0.410. The summed E-state index contributed by atoms with van der Waals surface area (Å²) in [5.74, 6) is 0. The Morgan fingerprint density at radius 2 is 1.86 bits per heavy atom. The van der Waals surface area contributed by atoms with E-state index in [0.29, 0.717) is 0 Å². The van der Waals surface area contributed by atoms with Crippen LogP contribution in [0, 0.1) is 0 Å². The Morgan fingerprint density at radius 1 is 1.36 bits per heavy atom. The SMILES string of the molecule is CC(C)(c1ccc(Br)cc1)[C@H](O)CF. The number of rotatable bonds is 3. The van der Waals surface area contributed by atoms with Gasteiger partial charge in [-0.15, -0.1) is 0 Å². The van der Waals surface area contributed by atoms with Crippen molar-refractivity contribution in [1.29, 1.82) is 0 Å². The van der Waals surface area contributed by atoms with Crippen molar-refractivity contribution in [3.8, 4) is 0 Å². The minimum absolute atomic E-state index is 0.546. The molecule has 3 heteroatoms. The minimum Gasteiger partial charge on any atom is -0.389 e. The van der Waals surface area contributed by atoms with Crippen molar-refractivity contribution in [1.82, 2.24) is 0 Å². The van der Waals surface area contributed by atoms with Crippen molar-refractivity contribution in [2.75, 3.05) is 6.67 Å². The molecule has 0 fully saturated rings. The molecule has 0 radical (unpaired) electrons. The van der Waals surface area contributed by atoms with Gasteiger partial charge in [0, 0.05) is 9.89 Å². The summed E-state index contributed by atoms with van der Waals surface area (Å²) in [7, 11) is 0. The summed E-state index contributed by atoms with van der Waals surface area (Å²) < 4.78 is 13.4. The highest BCUT2D eigenvalue weighted by atomic mass is 79.9. The lowest BCUT2D eigenvalue weighted by Gasteiger charge is -2.29. The summed E-state index contributed by atoms with van der Waals surface area (Å²) in [5.41, 5.74) is 0.390. The fraction of sp³-hybridized carbons (Fsp3) is 0.455. The molecular weight excluding hydrogens is 247 g/mol. The molecule has 0 bridgehead atoms. The predicted octanol–water partition coefficient (Wildman–Crippen LogP) is 3.06. The fourth-order valence-electron chi connectivity index (χ4n) is 1.26. The van der Waals surface area contributed by atoms with Crippen LogP contribution >= 0.6 is 15.9 Å². The third-order valence-electron chi connectivity index (χ3n) is 2.57. The molecular formula is C11H14BrFO. The highest BCUT2D eigenvalue weighted by Gasteiger charge is 2.29. The number of hydrogen-bond donors (Lipinski definition) is 1. The third-order valence-corrected chi connectivity index (χ3v) is 3.10. The Labute approximate surface area is 92.1 Å². The quantitative estimate of drug-likeness (QED) is 0.886. The van der Waals surface area contributed by atoms with Gasteiger partial charge in [-0.05, 0) is 17.7 Å². The number of benzene rings is 1. The van der Waals surface area contributed by atoms with E-state index in [1.165, 1.54) is 0 Å². The maximum absolute atomic E-state index is 12.4. The average molecular weight is 261 g/mol. The molecule has 1 aromatic carbocycles. The first-order chi connectivity index (χ1) is 6.48. The molecule has 1 N–H and O–H groups in total. The second kappa shape index (κ2) is 4.41. The second-order valence-electron chi connectivity index (χ2n) is 3.90. The average Bonchev–Trinajstić information content (AvgIpc) is 2.17. The van der Waals surface area contributed by atoms with Crippen LogP contribution in [-0.2, 0) is 5.41 Å². The molecule has 0 spiro atoms. The van der Waals surface area contributed by atoms with Crippen LogP contribution in [0.25, 0.3) is 0 Å². The zero-order valence-electron chi connectivity index (χ0n) is 8.30. The van der Waals surface area contributed by atoms with Gasteiger partial charge in [-0.25, -0.2) is 4.39 Å². The summed E-state index contributed by atoms with van der Waals surface area (Å²) in [5, 5.41) is 9.52. The van der Waals surface area contributed by atoms with Crippen molar-refractivity contribution in [3.63, 3.8) is 0 Å². The second-order valence-corrected chi connectivity index (χ2v) is 4.81. The van der Waals surface area contributed by atoms with Crippen LogP contribution in [0.15, 0.2) is 28.7 Å². The first kappa shape index (κ1) is 11.7. The normalized spacial score (nSPS) is 14.1. The Bertz CT molecular complexity index is 295. The summed E-state index contributed by atoms with van der Waals surface area (Å²) in [6.45, 7) is 2.95. The van der Waals surface area contributed by atoms with Gasteiger partial charge in [-0.3, -0.25) is 0 Å². The molecule has 0 aliphatic rings. The molecule has 78 valence electrons. The molecule has 0 saturated heterocycles. The molecule has 0 aliphatic carbocycles. The smallest absolute Gasteiger partial charge is 0.116 e. The van der Waals surface area contributed by atoms with Crippen LogP contribution in [-0.4, -0.2) is 17.9 Å². The minimum atomic E-state index is -0.955. The topological polar surface area (TPSA) is 20.2 Å². The van der Waals surface area contributed by atoms with E-state index in [1.54, 1.807) is 0 Å². The zero-order chi connectivity index (χ0) is 10.8. The first-order valence-electron chi connectivity index (χ1n) is 4.48. The van der Waals surface area contributed by atoms with E-state index in [1.807, 2.05) is 38.1 Å². The molecule has 0 amide bonds. The van der Waals surface area contributed by atoms with Gasteiger partial charge in [0.15, 0.2) is 0 Å². The third kappa shape index (κ3) is 2.34. The van der Waals surface area contributed by atoms with Crippen LogP contribution in [0.3, 0.4) is 0 Å². The number of aliphatic hydroxyl groups is 1. The summed E-state index contributed by atoms with van der Waals surface area (Å²) >= 11 is 3.33. The Kier molecular flexibility index (Phi) is 3.67. The van der Waals surface area contributed by atoms with Crippen LogP contribution in [0.5, 0.6) is 0 Å². The van der Waals surface area contributed by atoms with E-state index in [4.69, 9.17) is 0 Å². The van der Waals surface area contributed by atoms with Crippen molar-refractivity contribution in [2.45, 2.75) is 25.4 Å². The molecule has 0 aromatic heterocycles. The molecule has 0 heterocycles. The number of halogens is 2. The van der Waals surface area contributed by atoms with E-state index < -0.39 is 18.2 Å². The van der Waals surface area contributed by atoms with Crippen molar-refractivity contribution < 1.29 is 9.50 Å². The maximum Gasteiger partial charge on any atom is 0.116 e.